The zero-order valence-corrected chi connectivity index (χ0v) is 5.81. The lowest BCUT2D eigenvalue weighted by molar-refractivity contribution is -0.733. The second-order valence-corrected chi connectivity index (χ2v) is 3.53. The van der Waals surface area contributed by atoms with Gasteiger partial charge >= 0.3 is 0 Å². The summed E-state index contributed by atoms with van der Waals surface area (Å²) in [6.45, 7) is 2.26. The van der Waals surface area contributed by atoms with Gasteiger partial charge in [-0.25, -0.2) is 4.48 Å². The van der Waals surface area contributed by atoms with Crippen LogP contribution in [-0.4, -0.2) is 17.6 Å². The maximum Gasteiger partial charge on any atom is 0.180 e. The third-order valence-electron chi connectivity index (χ3n) is 3.16. The largest absolute Gasteiger partial charge is 0.248 e. The second kappa shape index (κ2) is 0.816. The highest BCUT2D eigenvalue weighted by Crippen LogP contribution is 2.63. The molecule has 1 fully saturated rings. The van der Waals surface area contributed by atoms with Crippen LogP contribution in [0.5, 0.6) is 0 Å². The van der Waals surface area contributed by atoms with Gasteiger partial charge in [0.2, 0.25) is 0 Å². The van der Waals surface area contributed by atoms with Crippen LogP contribution in [0.15, 0.2) is 23.0 Å². The number of allylic oxidation sites excluding steroid dienone is 1. The van der Waals surface area contributed by atoms with Crippen LogP contribution in [0.2, 0.25) is 0 Å². The van der Waals surface area contributed by atoms with Crippen molar-refractivity contribution in [2.24, 2.45) is 0 Å². The molecule has 2 atom stereocenters. The van der Waals surface area contributed by atoms with E-state index in [9.17, 15) is 0 Å². The van der Waals surface area contributed by atoms with E-state index in [4.69, 9.17) is 0 Å². The molecule has 0 amide bonds. The summed E-state index contributed by atoms with van der Waals surface area (Å²) in [7, 11) is 2.33. The lowest BCUT2D eigenvalue weighted by Crippen LogP contribution is -2.21. The van der Waals surface area contributed by atoms with E-state index in [1.165, 1.54) is 10.9 Å². The molecule has 3 rings (SSSR count). The van der Waals surface area contributed by atoms with Crippen molar-refractivity contribution < 1.29 is 4.48 Å². The Balaban J connectivity index is 2.34. The monoisotopic (exact) mass is 120 g/mol. The normalized spacial score (nSPS) is 50.4. The van der Waals surface area contributed by atoms with Gasteiger partial charge in [-0.1, -0.05) is 0 Å². The fourth-order valence-corrected chi connectivity index (χ4v) is 2.42. The summed E-state index contributed by atoms with van der Waals surface area (Å²) in [5.74, 6) is 0. The molecule has 0 N–H and O–H groups in total. The molecule has 1 heteroatoms. The number of hydrogen-bond acceptors (Lipinski definition) is 0. The van der Waals surface area contributed by atoms with E-state index < -0.39 is 0 Å². The summed E-state index contributed by atoms with van der Waals surface area (Å²) < 4.78 is 1.23. The fourth-order valence-electron chi connectivity index (χ4n) is 2.42. The number of rotatable bonds is 0. The van der Waals surface area contributed by atoms with Crippen molar-refractivity contribution in [3.63, 3.8) is 0 Å². The number of quaternary nitrogens is 1. The van der Waals surface area contributed by atoms with Gasteiger partial charge < -0.3 is 0 Å². The molecule has 0 spiro atoms. The average Bonchev–Trinajstić information content (AvgIpc) is 2.11. The Labute approximate surface area is 54.9 Å². The Morgan fingerprint density at radius 2 is 2.44 bits per heavy atom. The molecule has 0 saturated carbocycles. The van der Waals surface area contributed by atoms with Crippen molar-refractivity contribution in [1.82, 2.24) is 0 Å². The molecule has 3 heterocycles. The minimum Gasteiger partial charge on any atom is -0.248 e. The number of likely N-dealkylation sites (N-methyl/N-ethyl adjacent to an activating group) is 1. The first-order valence-electron chi connectivity index (χ1n) is 3.53. The van der Waals surface area contributed by atoms with E-state index in [2.05, 4.69) is 20.0 Å². The molecule has 0 aliphatic carbocycles. The van der Waals surface area contributed by atoms with Gasteiger partial charge in [-0.15, -0.1) is 0 Å². The van der Waals surface area contributed by atoms with Gasteiger partial charge in [-0.05, 0) is 12.5 Å². The topological polar surface area (TPSA) is 0 Å². The summed E-state index contributed by atoms with van der Waals surface area (Å²) in [6.07, 6.45) is 3.71. The van der Waals surface area contributed by atoms with Crippen molar-refractivity contribution in [2.75, 3.05) is 7.05 Å². The number of hydrogen-bond donors (Lipinski definition) is 0. The minimum atomic E-state index is 0.903. The Bertz CT molecular complexity index is 272. The Kier molecular flexibility index (Phi) is 0.389. The molecule has 1 saturated heterocycles. The Hall–Kier alpha value is -0.560. The van der Waals surface area contributed by atoms with Gasteiger partial charge in [0, 0.05) is 6.42 Å². The molecule has 0 aromatic heterocycles. The van der Waals surface area contributed by atoms with E-state index in [-0.39, 0.29) is 0 Å². The highest BCUT2D eigenvalue weighted by atomic mass is 15.6. The highest BCUT2D eigenvalue weighted by molar-refractivity contribution is 5.48. The van der Waals surface area contributed by atoms with Gasteiger partial charge in [0.1, 0.15) is 5.70 Å². The summed E-state index contributed by atoms with van der Waals surface area (Å²) in [4.78, 5) is 0. The van der Waals surface area contributed by atoms with E-state index in [0.717, 1.165) is 6.04 Å². The molecule has 0 bridgehead atoms. The van der Waals surface area contributed by atoms with E-state index >= 15 is 0 Å². The first-order valence-corrected chi connectivity index (χ1v) is 3.53. The Morgan fingerprint density at radius 1 is 1.67 bits per heavy atom. The van der Waals surface area contributed by atoms with Crippen LogP contribution in [0.1, 0.15) is 13.3 Å². The number of nitrogens with zero attached hydrogens (tertiary/aromatic N) is 1. The molecule has 2 unspecified atom stereocenters. The Morgan fingerprint density at radius 3 is 2.67 bits per heavy atom. The maximum absolute atomic E-state index is 2.36. The van der Waals surface area contributed by atoms with Crippen LogP contribution in [0.3, 0.4) is 0 Å². The first kappa shape index (κ1) is 4.29. The quantitative estimate of drug-likeness (QED) is 0.335. The van der Waals surface area contributed by atoms with Gasteiger partial charge in [0.25, 0.3) is 0 Å². The molecular formula is C8H10N+. The molecule has 0 aromatic carbocycles. The average molecular weight is 120 g/mol. The number of fused-ring (bicyclic) bond motifs is 1. The third kappa shape index (κ3) is 0.223. The van der Waals surface area contributed by atoms with Crippen LogP contribution < -0.4 is 0 Å². The third-order valence-corrected chi connectivity index (χ3v) is 3.16. The zero-order chi connectivity index (χ0) is 6.22. The van der Waals surface area contributed by atoms with Crippen molar-refractivity contribution in [1.29, 1.82) is 0 Å². The summed E-state index contributed by atoms with van der Waals surface area (Å²) in [5.41, 5.74) is 4.91. The van der Waals surface area contributed by atoms with E-state index in [1.54, 1.807) is 17.0 Å². The van der Waals surface area contributed by atoms with Crippen LogP contribution in [0.4, 0.5) is 0 Å². The van der Waals surface area contributed by atoms with E-state index in [0.29, 0.717) is 0 Å². The molecule has 1 nitrogen and oxygen atoms in total. The van der Waals surface area contributed by atoms with Crippen molar-refractivity contribution in [3.8, 4) is 0 Å². The SMILES string of the molecule is CC1=C2C=C3C(C1)[N+]32C. The van der Waals surface area contributed by atoms with Crippen molar-refractivity contribution >= 4 is 0 Å². The predicted molar refractivity (Wildman–Crippen MR) is 35.4 cm³/mol. The molecular weight excluding hydrogens is 110 g/mol. The zero-order valence-electron chi connectivity index (χ0n) is 5.81. The second-order valence-electron chi connectivity index (χ2n) is 3.53. The minimum absolute atomic E-state index is 0.903. The fraction of sp³-hybridized carbons (Fsp3) is 0.500. The van der Waals surface area contributed by atoms with Gasteiger partial charge in [0.15, 0.2) is 11.7 Å². The molecule has 3 aliphatic rings. The van der Waals surface area contributed by atoms with Gasteiger partial charge in [-0.3, -0.25) is 0 Å². The van der Waals surface area contributed by atoms with Crippen LogP contribution in [0.25, 0.3) is 0 Å². The molecule has 0 aromatic rings. The van der Waals surface area contributed by atoms with Crippen LogP contribution in [-0.2, 0) is 0 Å². The summed E-state index contributed by atoms with van der Waals surface area (Å²) in [5, 5.41) is 0. The van der Waals surface area contributed by atoms with Crippen LogP contribution in [0, 0.1) is 0 Å². The maximum atomic E-state index is 2.36. The summed E-state index contributed by atoms with van der Waals surface area (Å²) in [6, 6.07) is 0.903. The lowest BCUT2D eigenvalue weighted by atomic mass is 10.1. The highest BCUT2D eigenvalue weighted by Gasteiger charge is 2.72. The van der Waals surface area contributed by atoms with Gasteiger partial charge in [0.05, 0.1) is 13.1 Å². The smallest absolute Gasteiger partial charge is 0.180 e. The molecule has 0 radical (unpaired) electrons. The standard InChI is InChI=1S/C8H10N/c1-5-3-7-8-4-6(5)9(7,8)2/h4,7H,3H2,1-2H3/q+1. The predicted octanol–water partition coefficient (Wildman–Crippen LogP) is 1.39. The van der Waals surface area contributed by atoms with Gasteiger partial charge in [-0.2, -0.15) is 0 Å². The lowest BCUT2D eigenvalue weighted by Gasteiger charge is -2.15. The van der Waals surface area contributed by atoms with Crippen molar-refractivity contribution in [2.45, 2.75) is 19.4 Å². The molecule has 9 heavy (non-hydrogen) atoms. The van der Waals surface area contributed by atoms with Crippen LogP contribution >= 0.6 is 0 Å². The van der Waals surface area contributed by atoms with Crippen molar-refractivity contribution in [3.05, 3.63) is 23.0 Å². The van der Waals surface area contributed by atoms with E-state index in [1.807, 2.05) is 0 Å². The first-order chi connectivity index (χ1) is 4.24. The molecule has 3 aliphatic heterocycles. The molecule has 46 valence electrons. The summed E-state index contributed by atoms with van der Waals surface area (Å²) >= 11 is 0.